The summed E-state index contributed by atoms with van der Waals surface area (Å²) in [5, 5.41) is 2.98. The Labute approximate surface area is 127 Å². The van der Waals surface area contributed by atoms with Gasteiger partial charge in [-0.15, -0.1) is 0 Å². The van der Waals surface area contributed by atoms with Gasteiger partial charge in [-0.3, -0.25) is 4.79 Å². The molecule has 1 amide bonds. The lowest BCUT2D eigenvalue weighted by Crippen LogP contribution is -2.39. The summed E-state index contributed by atoms with van der Waals surface area (Å²) in [6.07, 6.45) is 4.95. The number of nitrogens with two attached hydrogens (primary N) is 1. The fourth-order valence-corrected chi connectivity index (χ4v) is 2.86. The van der Waals surface area contributed by atoms with Gasteiger partial charge in [0, 0.05) is 30.4 Å². The van der Waals surface area contributed by atoms with Gasteiger partial charge in [0.05, 0.1) is 0 Å². The molecular formula is C17H27N3O. The summed E-state index contributed by atoms with van der Waals surface area (Å²) in [4.78, 5) is 14.6. The minimum Gasteiger partial charge on any atom is -0.398 e. The third kappa shape index (κ3) is 4.46. The topological polar surface area (TPSA) is 58.4 Å². The molecule has 1 heterocycles. The van der Waals surface area contributed by atoms with Crippen molar-refractivity contribution in [3.63, 3.8) is 0 Å². The highest BCUT2D eigenvalue weighted by Gasteiger charge is 2.17. The van der Waals surface area contributed by atoms with Crippen LogP contribution < -0.4 is 11.1 Å². The minimum absolute atomic E-state index is 0.0339. The van der Waals surface area contributed by atoms with Crippen molar-refractivity contribution in [3.8, 4) is 0 Å². The van der Waals surface area contributed by atoms with E-state index in [0.717, 1.165) is 25.1 Å². The lowest BCUT2D eigenvalue weighted by atomic mass is 10.0. The van der Waals surface area contributed by atoms with Crippen molar-refractivity contribution in [1.29, 1.82) is 0 Å². The smallest absolute Gasteiger partial charge is 0.251 e. The Balaban J connectivity index is 1.72. The summed E-state index contributed by atoms with van der Waals surface area (Å²) in [7, 11) is 0. The van der Waals surface area contributed by atoms with Crippen molar-refractivity contribution in [3.05, 3.63) is 29.3 Å². The number of likely N-dealkylation sites (tertiary alicyclic amines) is 1. The van der Waals surface area contributed by atoms with Crippen molar-refractivity contribution in [2.45, 2.75) is 45.6 Å². The Morgan fingerprint density at radius 1 is 1.43 bits per heavy atom. The fraction of sp³-hybridized carbons (Fsp3) is 0.588. The van der Waals surface area contributed by atoms with Crippen molar-refractivity contribution in [2.75, 3.05) is 25.4 Å². The predicted molar refractivity (Wildman–Crippen MR) is 87.4 cm³/mol. The minimum atomic E-state index is -0.0339. The van der Waals surface area contributed by atoms with Crippen LogP contribution in [0.3, 0.4) is 0 Å². The molecule has 1 aromatic rings. The summed E-state index contributed by atoms with van der Waals surface area (Å²) in [5.74, 6) is -0.0339. The van der Waals surface area contributed by atoms with Crippen molar-refractivity contribution in [1.82, 2.24) is 10.2 Å². The van der Waals surface area contributed by atoms with E-state index in [9.17, 15) is 4.79 Å². The van der Waals surface area contributed by atoms with Crippen LogP contribution in [0.2, 0.25) is 0 Å². The first-order chi connectivity index (χ1) is 10.1. The highest BCUT2D eigenvalue weighted by Crippen LogP contribution is 2.16. The fourth-order valence-electron chi connectivity index (χ4n) is 2.86. The zero-order valence-electron chi connectivity index (χ0n) is 13.2. The molecular weight excluding hydrogens is 262 g/mol. The summed E-state index contributed by atoms with van der Waals surface area (Å²) in [6.45, 7) is 7.22. The van der Waals surface area contributed by atoms with E-state index in [1.165, 1.54) is 25.8 Å². The molecule has 1 saturated heterocycles. The van der Waals surface area contributed by atoms with Gasteiger partial charge in [0.15, 0.2) is 0 Å². The van der Waals surface area contributed by atoms with Crippen molar-refractivity contribution in [2.24, 2.45) is 0 Å². The summed E-state index contributed by atoms with van der Waals surface area (Å²) in [6, 6.07) is 6.15. The molecule has 0 saturated carbocycles. The molecule has 1 aromatic carbocycles. The van der Waals surface area contributed by atoms with E-state index in [-0.39, 0.29) is 5.91 Å². The van der Waals surface area contributed by atoms with Crippen LogP contribution in [0.5, 0.6) is 0 Å². The summed E-state index contributed by atoms with van der Waals surface area (Å²) >= 11 is 0. The van der Waals surface area contributed by atoms with Crippen molar-refractivity contribution >= 4 is 11.6 Å². The number of nitrogen functional groups attached to an aromatic ring is 1. The third-order valence-corrected chi connectivity index (χ3v) is 4.39. The van der Waals surface area contributed by atoms with Gasteiger partial charge >= 0.3 is 0 Å². The van der Waals surface area contributed by atoms with Crippen LogP contribution in [0.4, 0.5) is 5.69 Å². The number of hydrogen-bond donors (Lipinski definition) is 2. The molecule has 1 fully saturated rings. The first-order valence-corrected chi connectivity index (χ1v) is 7.96. The quantitative estimate of drug-likeness (QED) is 0.647. The lowest BCUT2D eigenvalue weighted by Gasteiger charge is -2.33. The number of aryl methyl sites for hydroxylation is 1. The van der Waals surface area contributed by atoms with E-state index in [1.54, 1.807) is 6.07 Å². The van der Waals surface area contributed by atoms with Gasteiger partial charge in [0.1, 0.15) is 0 Å². The molecule has 21 heavy (non-hydrogen) atoms. The maximum absolute atomic E-state index is 12.0. The average molecular weight is 289 g/mol. The molecule has 0 bridgehead atoms. The zero-order chi connectivity index (χ0) is 15.2. The monoisotopic (exact) mass is 289 g/mol. The van der Waals surface area contributed by atoms with E-state index >= 15 is 0 Å². The number of rotatable bonds is 5. The van der Waals surface area contributed by atoms with E-state index in [4.69, 9.17) is 5.73 Å². The number of nitrogens with zero attached hydrogens (tertiary/aromatic N) is 1. The number of benzene rings is 1. The molecule has 4 nitrogen and oxygen atoms in total. The van der Waals surface area contributed by atoms with Gasteiger partial charge in [-0.05, 0) is 57.4 Å². The third-order valence-electron chi connectivity index (χ3n) is 4.39. The van der Waals surface area contributed by atoms with Crippen LogP contribution in [0.25, 0.3) is 0 Å². The van der Waals surface area contributed by atoms with Crippen LogP contribution in [0.15, 0.2) is 18.2 Å². The maximum atomic E-state index is 12.0. The van der Waals surface area contributed by atoms with Crippen LogP contribution in [0, 0.1) is 6.92 Å². The molecule has 0 aromatic heterocycles. The number of carbonyl (C=O) groups excluding carboxylic acids is 1. The Morgan fingerprint density at radius 3 is 2.95 bits per heavy atom. The Bertz CT molecular complexity index is 487. The SMILES string of the molecule is Cc1ccc(C(=O)NCCCN2CCCCC2C)cc1N. The largest absolute Gasteiger partial charge is 0.398 e. The first-order valence-electron chi connectivity index (χ1n) is 7.96. The summed E-state index contributed by atoms with van der Waals surface area (Å²) in [5.41, 5.74) is 8.16. The molecule has 0 spiro atoms. The van der Waals surface area contributed by atoms with Crippen LogP contribution >= 0.6 is 0 Å². The average Bonchev–Trinajstić information content (AvgIpc) is 2.48. The van der Waals surface area contributed by atoms with E-state index in [0.29, 0.717) is 17.3 Å². The molecule has 1 aliphatic heterocycles. The van der Waals surface area contributed by atoms with E-state index in [2.05, 4.69) is 17.1 Å². The standard InChI is InChI=1S/C17H27N3O/c1-13-7-8-15(12-16(13)18)17(21)19-9-5-11-20-10-4-3-6-14(20)2/h7-8,12,14H,3-6,9-11,18H2,1-2H3,(H,19,21). The van der Waals surface area contributed by atoms with Gasteiger partial charge in [0.25, 0.3) is 5.91 Å². The van der Waals surface area contributed by atoms with E-state index in [1.807, 2.05) is 19.1 Å². The molecule has 2 rings (SSSR count). The van der Waals surface area contributed by atoms with Gasteiger partial charge in [0.2, 0.25) is 0 Å². The second-order valence-corrected chi connectivity index (χ2v) is 6.06. The second-order valence-electron chi connectivity index (χ2n) is 6.06. The Morgan fingerprint density at radius 2 is 2.24 bits per heavy atom. The molecule has 3 N–H and O–H groups in total. The van der Waals surface area contributed by atoms with Crippen LogP contribution in [0.1, 0.15) is 48.5 Å². The second kappa shape index (κ2) is 7.46. The number of amides is 1. The van der Waals surface area contributed by atoms with Gasteiger partial charge in [-0.25, -0.2) is 0 Å². The highest BCUT2D eigenvalue weighted by molar-refractivity contribution is 5.95. The molecule has 0 aliphatic carbocycles. The van der Waals surface area contributed by atoms with E-state index < -0.39 is 0 Å². The number of anilines is 1. The molecule has 1 aliphatic rings. The number of piperidine rings is 1. The van der Waals surface area contributed by atoms with Crippen LogP contribution in [-0.4, -0.2) is 36.5 Å². The number of carbonyl (C=O) groups is 1. The lowest BCUT2D eigenvalue weighted by molar-refractivity contribution is 0.0949. The number of hydrogen-bond acceptors (Lipinski definition) is 3. The maximum Gasteiger partial charge on any atom is 0.251 e. The molecule has 1 unspecified atom stereocenters. The first kappa shape index (κ1) is 15.8. The normalized spacial score (nSPS) is 19.4. The van der Waals surface area contributed by atoms with Crippen LogP contribution in [-0.2, 0) is 0 Å². The van der Waals surface area contributed by atoms with Crippen molar-refractivity contribution < 1.29 is 4.79 Å². The zero-order valence-corrected chi connectivity index (χ0v) is 13.2. The predicted octanol–water partition coefficient (Wildman–Crippen LogP) is 2.57. The van der Waals surface area contributed by atoms with Gasteiger partial charge < -0.3 is 16.0 Å². The Hall–Kier alpha value is -1.55. The number of nitrogens with one attached hydrogen (secondary N) is 1. The molecule has 1 atom stereocenters. The highest BCUT2D eigenvalue weighted by atomic mass is 16.1. The Kier molecular flexibility index (Phi) is 5.62. The molecule has 0 radical (unpaired) electrons. The van der Waals surface area contributed by atoms with Gasteiger partial charge in [-0.1, -0.05) is 12.5 Å². The molecule has 116 valence electrons. The summed E-state index contributed by atoms with van der Waals surface area (Å²) < 4.78 is 0. The molecule has 4 heteroatoms. The van der Waals surface area contributed by atoms with Gasteiger partial charge in [-0.2, -0.15) is 0 Å².